The molecule has 0 bridgehead atoms. The topological polar surface area (TPSA) is 66.5 Å². The lowest BCUT2D eigenvalue weighted by Gasteiger charge is -2.24. The van der Waals surface area contributed by atoms with Crippen LogP contribution in [0.1, 0.15) is 21.5 Å². The fourth-order valence-corrected chi connectivity index (χ4v) is 4.37. The minimum absolute atomic E-state index is 0.0731. The first-order valence-corrected chi connectivity index (χ1v) is 12.0. The molecule has 0 radical (unpaired) electrons. The van der Waals surface area contributed by atoms with E-state index in [0.29, 0.717) is 5.56 Å². The summed E-state index contributed by atoms with van der Waals surface area (Å²) in [5.41, 5.74) is -0.515. The van der Waals surface area contributed by atoms with Crippen molar-refractivity contribution in [2.24, 2.45) is 0 Å². The van der Waals surface area contributed by atoms with Crippen molar-refractivity contribution in [1.82, 2.24) is 0 Å². The van der Waals surface area contributed by atoms with Gasteiger partial charge in [-0.15, -0.1) is 0 Å². The second-order valence-corrected chi connectivity index (χ2v) is 9.73. The van der Waals surface area contributed by atoms with Crippen LogP contribution >= 0.6 is 23.2 Å². The molecule has 3 aromatic rings. The van der Waals surface area contributed by atoms with E-state index in [2.05, 4.69) is 5.32 Å². The van der Waals surface area contributed by atoms with E-state index in [1.54, 1.807) is 6.07 Å². The van der Waals surface area contributed by atoms with Crippen molar-refractivity contribution in [2.75, 3.05) is 15.9 Å². The van der Waals surface area contributed by atoms with E-state index in [0.717, 1.165) is 22.7 Å². The number of nitrogens with one attached hydrogen (secondary N) is 1. The molecular weight excluding hydrogens is 500 g/mol. The van der Waals surface area contributed by atoms with Gasteiger partial charge in [-0.2, -0.15) is 13.2 Å². The van der Waals surface area contributed by atoms with Crippen molar-refractivity contribution in [1.29, 1.82) is 0 Å². The second kappa shape index (κ2) is 9.62. The summed E-state index contributed by atoms with van der Waals surface area (Å²) in [5.74, 6) is -0.740. The molecule has 0 fully saturated rings. The van der Waals surface area contributed by atoms with Gasteiger partial charge in [0.05, 0.1) is 39.8 Å². The fourth-order valence-electron chi connectivity index (χ4n) is 3.03. The zero-order valence-corrected chi connectivity index (χ0v) is 19.4. The Bertz CT molecular complexity index is 1280. The number of carbonyl (C=O) groups is 1. The van der Waals surface area contributed by atoms with Gasteiger partial charge >= 0.3 is 6.18 Å². The van der Waals surface area contributed by atoms with Crippen LogP contribution in [0.2, 0.25) is 10.0 Å². The highest BCUT2D eigenvalue weighted by atomic mass is 35.5. The monoisotopic (exact) mass is 516 g/mol. The number of sulfonamides is 1. The summed E-state index contributed by atoms with van der Waals surface area (Å²) in [6.07, 6.45) is -3.60. The molecule has 0 aliphatic heterocycles. The molecular formula is C22H17Cl2F3N2O3S. The van der Waals surface area contributed by atoms with Crippen molar-refractivity contribution in [3.05, 3.63) is 93.5 Å². The number of alkyl halides is 3. The van der Waals surface area contributed by atoms with Crippen LogP contribution < -0.4 is 9.62 Å². The molecule has 33 heavy (non-hydrogen) atoms. The summed E-state index contributed by atoms with van der Waals surface area (Å²) < 4.78 is 65.2. The van der Waals surface area contributed by atoms with Gasteiger partial charge in [0.15, 0.2) is 0 Å². The van der Waals surface area contributed by atoms with Crippen molar-refractivity contribution in [3.63, 3.8) is 0 Å². The Labute approximate surface area is 198 Å². The average molecular weight is 517 g/mol. The molecule has 0 saturated carbocycles. The maximum Gasteiger partial charge on any atom is 0.418 e. The van der Waals surface area contributed by atoms with Gasteiger partial charge in [0.2, 0.25) is 10.0 Å². The molecule has 0 unspecified atom stereocenters. The highest BCUT2D eigenvalue weighted by Gasteiger charge is 2.33. The summed E-state index contributed by atoms with van der Waals surface area (Å²) in [6, 6.07) is 15.0. The first kappa shape index (κ1) is 24.9. The molecule has 174 valence electrons. The van der Waals surface area contributed by atoms with Crippen LogP contribution in [0.15, 0.2) is 66.7 Å². The number of rotatable bonds is 6. The minimum atomic E-state index is -4.62. The standard InChI is InChI=1S/C22H17Cl2F3N2O3S/c1-33(31,32)29(19-8-4-6-17(23)20(19)24)13-14-9-11-15(12-10-14)21(30)28-18-7-3-2-5-16(18)22(25,26)27/h2-12H,13H2,1H3,(H,28,30). The zero-order chi connectivity index (χ0) is 24.4. The van der Waals surface area contributed by atoms with E-state index >= 15 is 0 Å². The van der Waals surface area contributed by atoms with E-state index in [1.165, 1.54) is 48.5 Å². The predicted molar refractivity (Wildman–Crippen MR) is 123 cm³/mol. The zero-order valence-electron chi connectivity index (χ0n) is 17.0. The van der Waals surface area contributed by atoms with E-state index < -0.39 is 27.7 Å². The fraction of sp³-hybridized carbons (Fsp3) is 0.136. The Balaban J connectivity index is 1.82. The molecule has 0 heterocycles. The van der Waals surface area contributed by atoms with Crippen molar-refractivity contribution in [3.8, 4) is 0 Å². The van der Waals surface area contributed by atoms with E-state index in [4.69, 9.17) is 23.2 Å². The van der Waals surface area contributed by atoms with Crippen molar-refractivity contribution in [2.45, 2.75) is 12.7 Å². The van der Waals surface area contributed by atoms with Crippen molar-refractivity contribution < 1.29 is 26.4 Å². The van der Waals surface area contributed by atoms with Gasteiger partial charge in [-0.1, -0.05) is 53.5 Å². The first-order chi connectivity index (χ1) is 15.4. The van der Waals surface area contributed by atoms with Crippen LogP contribution in [0.25, 0.3) is 0 Å². The molecule has 0 atom stereocenters. The van der Waals surface area contributed by atoms with Crippen LogP contribution in [-0.2, 0) is 22.7 Å². The summed E-state index contributed by atoms with van der Waals surface area (Å²) in [4.78, 5) is 12.5. The SMILES string of the molecule is CS(=O)(=O)N(Cc1ccc(C(=O)Nc2ccccc2C(F)(F)F)cc1)c1cccc(Cl)c1Cl. The number of benzene rings is 3. The third-order valence-electron chi connectivity index (χ3n) is 4.62. The second-order valence-electron chi connectivity index (χ2n) is 7.04. The van der Waals surface area contributed by atoms with Gasteiger partial charge < -0.3 is 5.32 Å². The Morgan fingerprint density at radius 3 is 2.21 bits per heavy atom. The van der Waals surface area contributed by atoms with Gasteiger partial charge in [-0.25, -0.2) is 8.42 Å². The van der Waals surface area contributed by atoms with Crippen LogP contribution in [0, 0.1) is 0 Å². The van der Waals surface area contributed by atoms with Crippen LogP contribution in [0.4, 0.5) is 24.5 Å². The van der Waals surface area contributed by atoms with Gasteiger partial charge in [0, 0.05) is 5.56 Å². The molecule has 0 aromatic heterocycles. The molecule has 11 heteroatoms. The summed E-state index contributed by atoms with van der Waals surface area (Å²) in [7, 11) is -3.74. The van der Waals surface area contributed by atoms with E-state index in [9.17, 15) is 26.4 Å². The molecule has 1 amide bonds. The van der Waals surface area contributed by atoms with Gasteiger partial charge in [-0.05, 0) is 42.0 Å². The molecule has 5 nitrogen and oxygen atoms in total. The third-order valence-corrected chi connectivity index (χ3v) is 6.56. The molecule has 0 saturated heterocycles. The Morgan fingerprint density at radius 1 is 0.970 bits per heavy atom. The highest BCUT2D eigenvalue weighted by molar-refractivity contribution is 7.92. The minimum Gasteiger partial charge on any atom is -0.321 e. The quantitative estimate of drug-likeness (QED) is 0.422. The summed E-state index contributed by atoms with van der Waals surface area (Å²) in [6.45, 7) is -0.0995. The third kappa shape index (κ3) is 5.98. The van der Waals surface area contributed by atoms with E-state index in [-0.39, 0.29) is 33.5 Å². The lowest BCUT2D eigenvalue weighted by molar-refractivity contribution is -0.136. The largest absolute Gasteiger partial charge is 0.418 e. The van der Waals surface area contributed by atoms with Crippen molar-refractivity contribution >= 4 is 50.5 Å². The Morgan fingerprint density at radius 2 is 1.61 bits per heavy atom. The average Bonchev–Trinajstić information content (AvgIpc) is 2.73. The maximum absolute atomic E-state index is 13.1. The molecule has 0 aliphatic carbocycles. The lowest BCUT2D eigenvalue weighted by atomic mass is 10.1. The number of para-hydroxylation sites is 1. The maximum atomic E-state index is 13.1. The van der Waals surface area contributed by atoms with Gasteiger partial charge in [0.1, 0.15) is 0 Å². The number of hydrogen-bond acceptors (Lipinski definition) is 3. The number of amides is 1. The lowest BCUT2D eigenvalue weighted by Crippen LogP contribution is -2.29. The number of hydrogen-bond donors (Lipinski definition) is 1. The summed E-state index contributed by atoms with van der Waals surface area (Å²) in [5, 5.41) is 2.52. The van der Waals surface area contributed by atoms with Crippen LogP contribution in [0.3, 0.4) is 0 Å². The molecule has 0 aliphatic rings. The van der Waals surface area contributed by atoms with E-state index in [1.807, 2.05) is 0 Å². The first-order valence-electron chi connectivity index (χ1n) is 9.36. The molecule has 0 spiro atoms. The molecule has 3 rings (SSSR count). The number of anilines is 2. The number of nitrogens with zero attached hydrogens (tertiary/aromatic N) is 1. The van der Waals surface area contributed by atoms with Crippen LogP contribution in [0.5, 0.6) is 0 Å². The normalized spacial score (nSPS) is 11.8. The highest BCUT2D eigenvalue weighted by Crippen LogP contribution is 2.35. The number of halogens is 5. The Kier molecular flexibility index (Phi) is 7.26. The molecule has 1 N–H and O–H groups in total. The van der Waals surface area contributed by atoms with Gasteiger partial charge in [-0.3, -0.25) is 9.10 Å². The predicted octanol–water partition coefficient (Wildman–Crippen LogP) is 6.23. The summed E-state index contributed by atoms with van der Waals surface area (Å²) >= 11 is 12.2. The Hall–Kier alpha value is -2.75. The smallest absolute Gasteiger partial charge is 0.321 e. The molecule has 3 aromatic carbocycles. The number of carbonyl (C=O) groups excluding carboxylic acids is 1. The van der Waals surface area contributed by atoms with Crippen LogP contribution in [-0.4, -0.2) is 20.6 Å². The van der Waals surface area contributed by atoms with Gasteiger partial charge in [0.25, 0.3) is 5.91 Å².